The van der Waals surface area contributed by atoms with Gasteiger partial charge in [-0.3, -0.25) is 4.68 Å². The standard InChI is InChI=1S/C15H24N4/c1-5-14-11(2)18-19(12(14)3)13-7-6-8-15(9-13,10-16)17-4/h13,17H,5-9H2,1-4H3. The molecular weight excluding hydrogens is 236 g/mol. The number of hydrogen-bond donors (Lipinski definition) is 1. The van der Waals surface area contributed by atoms with Crippen molar-refractivity contribution in [2.75, 3.05) is 7.05 Å². The second kappa shape index (κ2) is 5.34. The molecule has 4 nitrogen and oxygen atoms in total. The highest BCUT2D eigenvalue weighted by molar-refractivity contribution is 5.25. The summed E-state index contributed by atoms with van der Waals surface area (Å²) >= 11 is 0. The largest absolute Gasteiger partial charge is 0.302 e. The van der Waals surface area contributed by atoms with Crippen molar-refractivity contribution in [2.45, 2.75) is 64.5 Å². The van der Waals surface area contributed by atoms with Crippen molar-refractivity contribution in [3.63, 3.8) is 0 Å². The van der Waals surface area contributed by atoms with E-state index in [-0.39, 0.29) is 5.54 Å². The van der Waals surface area contributed by atoms with Gasteiger partial charge < -0.3 is 5.32 Å². The summed E-state index contributed by atoms with van der Waals surface area (Å²) in [5.74, 6) is 0. The van der Waals surface area contributed by atoms with E-state index in [4.69, 9.17) is 5.10 Å². The van der Waals surface area contributed by atoms with Gasteiger partial charge in [-0.15, -0.1) is 0 Å². The Morgan fingerprint density at radius 1 is 1.53 bits per heavy atom. The zero-order chi connectivity index (χ0) is 14.0. The fourth-order valence-corrected chi connectivity index (χ4v) is 3.40. The molecule has 1 aromatic rings. The molecule has 2 rings (SSSR count). The van der Waals surface area contributed by atoms with Crippen molar-refractivity contribution in [2.24, 2.45) is 0 Å². The first-order valence-corrected chi connectivity index (χ1v) is 7.21. The summed E-state index contributed by atoms with van der Waals surface area (Å²) in [6.45, 7) is 6.41. The Kier molecular flexibility index (Phi) is 3.96. The molecule has 0 amide bonds. The van der Waals surface area contributed by atoms with Crippen molar-refractivity contribution in [1.82, 2.24) is 15.1 Å². The average Bonchev–Trinajstić information content (AvgIpc) is 2.73. The van der Waals surface area contributed by atoms with E-state index in [0.717, 1.165) is 37.8 Å². The normalized spacial score (nSPS) is 27.2. The van der Waals surface area contributed by atoms with E-state index >= 15 is 0 Å². The second-order valence-corrected chi connectivity index (χ2v) is 5.64. The van der Waals surface area contributed by atoms with Crippen LogP contribution in [0, 0.1) is 25.2 Å². The lowest BCUT2D eigenvalue weighted by Crippen LogP contribution is -2.46. The van der Waals surface area contributed by atoms with Gasteiger partial charge in [-0.1, -0.05) is 6.92 Å². The SMILES string of the molecule is CCc1c(C)nn(C2CCCC(C#N)(NC)C2)c1C. The molecule has 0 bridgehead atoms. The summed E-state index contributed by atoms with van der Waals surface area (Å²) in [5.41, 5.74) is 3.40. The summed E-state index contributed by atoms with van der Waals surface area (Å²) in [4.78, 5) is 0. The van der Waals surface area contributed by atoms with E-state index in [1.807, 2.05) is 7.05 Å². The van der Waals surface area contributed by atoms with E-state index in [0.29, 0.717) is 6.04 Å². The van der Waals surface area contributed by atoms with Gasteiger partial charge in [0.2, 0.25) is 0 Å². The number of hydrogen-bond acceptors (Lipinski definition) is 3. The summed E-state index contributed by atoms with van der Waals surface area (Å²) in [6, 6.07) is 2.82. The van der Waals surface area contributed by atoms with Gasteiger partial charge in [-0.2, -0.15) is 10.4 Å². The van der Waals surface area contributed by atoms with Crippen LogP contribution in [0.4, 0.5) is 0 Å². The Balaban J connectivity index is 2.30. The summed E-state index contributed by atoms with van der Waals surface area (Å²) < 4.78 is 2.16. The lowest BCUT2D eigenvalue weighted by Gasteiger charge is -2.36. The molecule has 1 fully saturated rings. The molecule has 0 radical (unpaired) electrons. The first-order chi connectivity index (χ1) is 9.06. The molecule has 2 unspecified atom stereocenters. The zero-order valence-electron chi connectivity index (χ0n) is 12.5. The predicted octanol–water partition coefficient (Wildman–Crippen LogP) is 2.66. The van der Waals surface area contributed by atoms with Crippen molar-refractivity contribution < 1.29 is 0 Å². The smallest absolute Gasteiger partial charge is 0.108 e. The van der Waals surface area contributed by atoms with E-state index in [1.54, 1.807) is 0 Å². The lowest BCUT2D eigenvalue weighted by molar-refractivity contribution is 0.227. The Bertz CT molecular complexity index is 497. The fourth-order valence-electron chi connectivity index (χ4n) is 3.40. The molecule has 0 aromatic carbocycles. The highest BCUT2D eigenvalue weighted by Gasteiger charge is 2.36. The van der Waals surface area contributed by atoms with E-state index in [9.17, 15) is 5.26 Å². The Hall–Kier alpha value is -1.34. The van der Waals surface area contributed by atoms with Crippen LogP contribution in [0.15, 0.2) is 0 Å². The summed E-state index contributed by atoms with van der Waals surface area (Å²) in [7, 11) is 1.89. The number of nitriles is 1. The number of rotatable bonds is 3. The van der Waals surface area contributed by atoms with Crippen LogP contribution in [0.25, 0.3) is 0 Å². The van der Waals surface area contributed by atoms with Gasteiger partial charge in [0.1, 0.15) is 5.54 Å². The van der Waals surface area contributed by atoms with Crippen LogP contribution in [0.2, 0.25) is 0 Å². The molecule has 1 aliphatic rings. The summed E-state index contributed by atoms with van der Waals surface area (Å²) in [6.07, 6.45) is 5.02. The highest BCUT2D eigenvalue weighted by atomic mass is 15.3. The van der Waals surface area contributed by atoms with Crippen LogP contribution in [0.1, 0.15) is 55.6 Å². The van der Waals surface area contributed by atoms with E-state index in [1.165, 1.54) is 11.3 Å². The van der Waals surface area contributed by atoms with Gasteiger partial charge in [0.15, 0.2) is 0 Å². The molecule has 19 heavy (non-hydrogen) atoms. The van der Waals surface area contributed by atoms with Gasteiger partial charge in [-0.25, -0.2) is 0 Å². The van der Waals surface area contributed by atoms with Gasteiger partial charge in [0.25, 0.3) is 0 Å². The maximum atomic E-state index is 9.44. The minimum atomic E-state index is -0.373. The molecule has 0 spiro atoms. The van der Waals surface area contributed by atoms with Crippen molar-refractivity contribution in [3.8, 4) is 6.07 Å². The minimum Gasteiger partial charge on any atom is -0.302 e. The topological polar surface area (TPSA) is 53.6 Å². The Morgan fingerprint density at radius 3 is 2.79 bits per heavy atom. The van der Waals surface area contributed by atoms with Crippen molar-refractivity contribution in [1.29, 1.82) is 5.26 Å². The van der Waals surface area contributed by atoms with Crippen LogP contribution >= 0.6 is 0 Å². The molecule has 1 saturated carbocycles. The number of aromatic nitrogens is 2. The third kappa shape index (κ3) is 2.40. The predicted molar refractivity (Wildman–Crippen MR) is 76.0 cm³/mol. The fraction of sp³-hybridized carbons (Fsp3) is 0.733. The number of nitrogens with one attached hydrogen (secondary N) is 1. The molecule has 1 heterocycles. The molecule has 4 heteroatoms. The van der Waals surface area contributed by atoms with Crippen molar-refractivity contribution >= 4 is 0 Å². The molecule has 1 aliphatic carbocycles. The third-order valence-electron chi connectivity index (χ3n) is 4.59. The maximum absolute atomic E-state index is 9.44. The van der Waals surface area contributed by atoms with Crippen LogP contribution < -0.4 is 5.32 Å². The van der Waals surface area contributed by atoms with E-state index < -0.39 is 0 Å². The molecule has 2 atom stereocenters. The van der Waals surface area contributed by atoms with Gasteiger partial charge in [-0.05, 0) is 52.1 Å². The highest BCUT2D eigenvalue weighted by Crippen LogP contribution is 2.36. The second-order valence-electron chi connectivity index (χ2n) is 5.64. The third-order valence-corrected chi connectivity index (χ3v) is 4.59. The van der Waals surface area contributed by atoms with Crippen LogP contribution in [0.3, 0.4) is 0 Å². The Morgan fingerprint density at radius 2 is 2.26 bits per heavy atom. The van der Waals surface area contributed by atoms with Crippen LogP contribution in [-0.2, 0) is 6.42 Å². The first kappa shape index (κ1) is 14.1. The summed E-state index contributed by atoms with van der Waals surface area (Å²) in [5, 5.41) is 17.4. The van der Waals surface area contributed by atoms with Gasteiger partial charge >= 0.3 is 0 Å². The molecule has 1 N–H and O–H groups in total. The monoisotopic (exact) mass is 260 g/mol. The van der Waals surface area contributed by atoms with Crippen LogP contribution in [-0.4, -0.2) is 22.4 Å². The molecule has 1 aromatic heterocycles. The van der Waals surface area contributed by atoms with Gasteiger partial charge in [0, 0.05) is 12.1 Å². The quantitative estimate of drug-likeness (QED) is 0.909. The zero-order valence-corrected chi connectivity index (χ0v) is 12.5. The maximum Gasteiger partial charge on any atom is 0.108 e. The van der Waals surface area contributed by atoms with Crippen molar-refractivity contribution in [3.05, 3.63) is 17.0 Å². The molecule has 0 aliphatic heterocycles. The number of nitrogens with zero attached hydrogens (tertiary/aromatic N) is 3. The lowest BCUT2D eigenvalue weighted by atomic mass is 9.80. The molecule has 104 valence electrons. The van der Waals surface area contributed by atoms with Crippen LogP contribution in [0.5, 0.6) is 0 Å². The Labute approximate surface area is 115 Å². The van der Waals surface area contributed by atoms with Gasteiger partial charge in [0.05, 0.1) is 17.8 Å². The molecular formula is C15H24N4. The minimum absolute atomic E-state index is 0.347. The first-order valence-electron chi connectivity index (χ1n) is 7.21. The number of aryl methyl sites for hydroxylation is 1. The molecule has 0 saturated heterocycles. The average molecular weight is 260 g/mol. The van der Waals surface area contributed by atoms with E-state index in [2.05, 4.69) is 36.8 Å².